The summed E-state index contributed by atoms with van der Waals surface area (Å²) in [5.41, 5.74) is 1.38. The molecule has 1 N–H and O–H groups in total. The van der Waals surface area contributed by atoms with Gasteiger partial charge in [-0.2, -0.15) is 11.8 Å². The zero-order valence-electron chi connectivity index (χ0n) is 13.6. The Labute approximate surface area is 134 Å². The first kappa shape index (κ1) is 16.7. The third-order valence-electron chi connectivity index (χ3n) is 3.49. The highest BCUT2D eigenvalue weighted by molar-refractivity contribution is 7.99. The Morgan fingerprint density at radius 1 is 1.19 bits per heavy atom. The molecule has 1 atom stereocenters. The Balaban J connectivity index is 1.90. The normalized spacial score (nSPS) is 16.2. The largest absolute Gasteiger partial charge is 0.490 e. The molecule has 1 saturated carbocycles. The van der Waals surface area contributed by atoms with Crippen LogP contribution in [0.1, 0.15) is 51.6 Å². The summed E-state index contributed by atoms with van der Waals surface area (Å²) in [6.45, 7) is 7.86. The molecule has 0 amide bonds. The maximum atomic E-state index is 5.83. The fraction of sp³-hybridized carbons (Fsp3) is 0.667. The van der Waals surface area contributed by atoms with E-state index in [2.05, 4.69) is 50.4 Å². The minimum Gasteiger partial charge on any atom is -0.490 e. The van der Waals surface area contributed by atoms with E-state index in [9.17, 15) is 0 Å². The van der Waals surface area contributed by atoms with Gasteiger partial charge in [0.05, 0.1) is 6.10 Å². The highest BCUT2D eigenvalue weighted by atomic mass is 32.2. The fourth-order valence-corrected chi connectivity index (χ4v) is 3.32. The van der Waals surface area contributed by atoms with Crippen molar-refractivity contribution >= 4 is 11.8 Å². The summed E-state index contributed by atoms with van der Waals surface area (Å²) < 4.78 is 5.83. The Kier molecular flexibility index (Phi) is 6.91. The van der Waals surface area contributed by atoms with Gasteiger partial charge in [0.15, 0.2) is 0 Å². The van der Waals surface area contributed by atoms with Gasteiger partial charge in [0.25, 0.3) is 0 Å². The van der Waals surface area contributed by atoms with Crippen LogP contribution in [0.4, 0.5) is 0 Å². The van der Waals surface area contributed by atoms with Crippen molar-refractivity contribution in [2.24, 2.45) is 5.92 Å². The van der Waals surface area contributed by atoms with Crippen molar-refractivity contribution in [3.05, 3.63) is 29.8 Å². The number of hydrogen-bond acceptors (Lipinski definition) is 3. The van der Waals surface area contributed by atoms with Crippen LogP contribution in [0.2, 0.25) is 0 Å². The number of thioether (sulfide) groups is 1. The van der Waals surface area contributed by atoms with Crippen LogP contribution in [0.3, 0.4) is 0 Å². The van der Waals surface area contributed by atoms with Gasteiger partial charge in [0, 0.05) is 11.8 Å². The van der Waals surface area contributed by atoms with E-state index in [0.717, 1.165) is 24.0 Å². The molecule has 0 saturated heterocycles. The molecule has 118 valence electrons. The maximum absolute atomic E-state index is 5.83. The molecule has 0 radical (unpaired) electrons. The average Bonchev–Trinajstić information content (AvgIpc) is 3.27. The van der Waals surface area contributed by atoms with Gasteiger partial charge in [-0.3, -0.25) is 0 Å². The number of rotatable bonds is 10. The van der Waals surface area contributed by atoms with Crippen molar-refractivity contribution in [3.63, 3.8) is 0 Å². The lowest BCUT2D eigenvalue weighted by Crippen LogP contribution is -2.24. The van der Waals surface area contributed by atoms with Crippen LogP contribution >= 0.6 is 11.8 Å². The van der Waals surface area contributed by atoms with Gasteiger partial charge in [-0.1, -0.05) is 32.9 Å². The van der Waals surface area contributed by atoms with Crippen LogP contribution in [0.5, 0.6) is 5.75 Å². The summed E-state index contributed by atoms with van der Waals surface area (Å²) in [5, 5.41) is 3.67. The van der Waals surface area contributed by atoms with Crippen molar-refractivity contribution < 1.29 is 4.74 Å². The van der Waals surface area contributed by atoms with E-state index in [0.29, 0.717) is 12.1 Å². The third-order valence-corrected chi connectivity index (χ3v) is 4.96. The second-order valence-corrected chi connectivity index (χ2v) is 7.40. The lowest BCUT2D eigenvalue weighted by atomic mass is 10.1. The molecule has 1 aliphatic carbocycles. The van der Waals surface area contributed by atoms with E-state index in [1.165, 1.54) is 30.6 Å². The van der Waals surface area contributed by atoms with E-state index in [-0.39, 0.29) is 0 Å². The summed E-state index contributed by atoms with van der Waals surface area (Å²) in [5.74, 6) is 4.15. The summed E-state index contributed by atoms with van der Waals surface area (Å²) >= 11 is 2.05. The second-order valence-electron chi connectivity index (χ2n) is 6.32. The predicted molar refractivity (Wildman–Crippen MR) is 93.3 cm³/mol. The van der Waals surface area contributed by atoms with Gasteiger partial charge < -0.3 is 10.1 Å². The summed E-state index contributed by atoms with van der Waals surface area (Å²) in [7, 11) is 0. The molecule has 2 nitrogen and oxygen atoms in total. The third kappa shape index (κ3) is 6.31. The van der Waals surface area contributed by atoms with Crippen LogP contribution in [-0.4, -0.2) is 24.2 Å². The van der Waals surface area contributed by atoms with Crippen LogP contribution in [-0.2, 0) is 0 Å². The van der Waals surface area contributed by atoms with Crippen LogP contribution < -0.4 is 10.1 Å². The van der Waals surface area contributed by atoms with E-state index >= 15 is 0 Å². The number of ether oxygens (including phenoxy) is 1. The van der Waals surface area contributed by atoms with Crippen LogP contribution in [0.15, 0.2) is 24.3 Å². The Morgan fingerprint density at radius 3 is 2.48 bits per heavy atom. The van der Waals surface area contributed by atoms with Gasteiger partial charge >= 0.3 is 0 Å². The molecule has 1 fully saturated rings. The first-order chi connectivity index (χ1) is 10.2. The molecule has 21 heavy (non-hydrogen) atoms. The van der Waals surface area contributed by atoms with Gasteiger partial charge in [-0.15, -0.1) is 0 Å². The highest BCUT2D eigenvalue weighted by Gasteiger charge is 2.23. The van der Waals surface area contributed by atoms with E-state index in [1.807, 2.05) is 11.8 Å². The molecule has 0 heterocycles. The Bertz CT molecular complexity index is 400. The molecule has 3 heteroatoms. The minimum atomic E-state index is 0.448. The predicted octanol–water partition coefficient (Wildman–Crippen LogP) is 4.66. The molecule has 2 rings (SSSR count). The van der Waals surface area contributed by atoms with Gasteiger partial charge in [0.1, 0.15) is 5.75 Å². The molecule has 0 aliphatic heterocycles. The molecular weight excluding hydrogens is 278 g/mol. The summed E-state index contributed by atoms with van der Waals surface area (Å²) in [6, 6.07) is 9.15. The summed E-state index contributed by atoms with van der Waals surface area (Å²) in [6.07, 6.45) is 4.09. The quantitative estimate of drug-likeness (QED) is 0.679. The van der Waals surface area contributed by atoms with Crippen molar-refractivity contribution in [2.75, 3.05) is 18.1 Å². The van der Waals surface area contributed by atoms with Gasteiger partial charge in [0.2, 0.25) is 0 Å². The lowest BCUT2D eigenvalue weighted by Gasteiger charge is -2.19. The minimum absolute atomic E-state index is 0.448. The molecule has 1 unspecified atom stereocenters. The maximum Gasteiger partial charge on any atom is 0.119 e. The molecule has 1 aromatic carbocycles. The first-order valence-corrected chi connectivity index (χ1v) is 9.42. The molecule has 0 spiro atoms. The van der Waals surface area contributed by atoms with Crippen LogP contribution in [0.25, 0.3) is 0 Å². The molecule has 1 aliphatic rings. The Morgan fingerprint density at radius 2 is 1.90 bits per heavy atom. The first-order valence-electron chi connectivity index (χ1n) is 8.26. The van der Waals surface area contributed by atoms with E-state index in [4.69, 9.17) is 4.74 Å². The number of hydrogen-bond donors (Lipinski definition) is 1. The molecule has 0 bridgehead atoms. The monoisotopic (exact) mass is 307 g/mol. The number of benzene rings is 1. The summed E-state index contributed by atoms with van der Waals surface area (Å²) in [4.78, 5) is 0. The zero-order valence-corrected chi connectivity index (χ0v) is 14.4. The fourth-order valence-electron chi connectivity index (χ4n) is 2.17. The molecular formula is C18H29NOS. The SMILES string of the molecule is CCCNC(CSCC(C)C)c1ccc(OC2CC2)cc1. The Hall–Kier alpha value is -0.670. The standard InChI is InChI=1S/C18H29NOS/c1-4-11-19-18(13-21-12-14(2)3)15-5-7-16(8-6-15)20-17-9-10-17/h5-8,14,17-19H,4,9-13H2,1-3H3. The van der Waals surface area contributed by atoms with Crippen molar-refractivity contribution in [3.8, 4) is 5.75 Å². The average molecular weight is 308 g/mol. The van der Waals surface area contributed by atoms with Gasteiger partial charge in [-0.05, 0) is 55.2 Å². The van der Waals surface area contributed by atoms with E-state index < -0.39 is 0 Å². The highest BCUT2D eigenvalue weighted by Crippen LogP contribution is 2.28. The van der Waals surface area contributed by atoms with Crippen molar-refractivity contribution in [1.82, 2.24) is 5.32 Å². The number of nitrogens with one attached hydrogen (secondary N) is 1. The zero-order chi connectivity index (χ0) is 15.1. The molecule has 0 aromatic heterocycles. The van der Waals surface area contributed by atoms with Crippen molar-refractivity contribution in [1.29, 1.82) is 0 Å². The van der Waals surface area contributed by atoms with Crippen molar-refractivity contribution in [2.45, 2.75) is 52.2 Å². The second kappa shape index (κ2) is 8.70. The smallest absolute Gasteiger partial charge is 0.119 e. The van der Waals surface area contributed by atoms with Gasteiger partial charge in [-0.25, -0.2) is 0 Å². The van der Waals surface area contributed by atoms with E-state index in [1.54, 1.807) is 0 Å². The topological polar surface area (TPSA) is 21.3 Å². The van der Waals surface area contributed by atoms with Crippen LogP contribution in [0, 0.1) is 5.92 Å². The molecule has 1 aromatic rings. The lowest BCUT2D eigenvalue weighted by molar-refractivity contribution is 0.303.